The Balaban J connectivity index is 1.62. The van der Waals surface area contributed by atoms with E-state index in [1.807, 2.05) is 11.8 Å². The molecule has 128 valence electrons. The van der Waals surface area contributed by atoms with Gasteiger partial charge >= 0.3 is 5.97 Å². The van der Waals surface area contributed by atoms with Crippen molar-refractivity contribution in [1.29, 1.82) is 0 Å². The second kappa shape index (κ2) is 6.83. The van der Waals surface area contributed by atoms with Crippen LogP contribution in [0.5, 0.6) is 0 Å². The summed E-state index contributed by atoms with van der Waals surface area (Å²) < 4.78 is 1.59. The average Bonchev–Trinajstić information content (AvgIpc) is 3.04. The lowest BCUT2D eigenvalue weighted by Gasteiger charge is -2.42. The van der Waals surface area contributed by atoms with Gasteiger partial charge < -0.3 is 16.2 Å². The van der Waals surface area contributed by atoms with Gasteiger partial charge in [-0.1, -0.05) is 6.92 Å². The van der Waals surface area contributed by atoms with Gasteiger partial charge in [0.2, 0.25) is 0 Å². The van der Waals surface area contributed by atoms with Crippen molar-refractivity contribution in [2.24, 2.45) is 0 Å². The number of carboxylic acids is 1. The molecule has 2 heterocycles. The van der Waals surface area contributed by atoms with E-state index >= 15 is 0 Å². The topological polar surface area (TPSA) is 122 Å². The van der Waals surface area contributed by atoms with Crippen LogP contribution in [0, 0.1) is 0 Å². The van der Waals surface area contributed by atoms with Crippen LogP contribution in [0.3, 0.4) is 0 Å². The fourth-order valence-corrected chi connectivity index (χ4v) is 2.95. The number of carbonyl (C=O) groups is 1. The first kappa shape index (κ1) is 16.2. The molecule has 0 spiro atoms. The molecule has 1 aliphatic rings. The van der Waals surface area contributed by atoms with Crippen LogP contribution in [0.4, 0.5) is 11.5 Å². The molecule has 2 aromatic rings. The van der Waals surface area contributed by atoms with Crippen LogP contribution in [0.1, 0.15) is 19.8 Å². The smallest absolute Gasteiger partial charge is 0.317 e. The van der Waals surface area contributed by atoms with E-state index in [1.165, 1.54) is 6.33 Å². The first-order valence-electron chi connectivity index (χ1n) is 7.91. The molecular weight excluding hydrogens is 310 g/mol. The van der Waals surface area contributed by atoms with Gasteiger partial charge in [-0.3, -0.25) is 9.69 Å². The zero-order valence-electron chi connectivity index (χ0n) is 13.5. The lowest BCUT2D eigenvalue weighted by Crippen LogP contribution is -2.51. The monoisotopic (exact) mass is 331 g/mol. The maximum atomic E-state index is 10.9. The van der Waals surface area contributed by atoms with Crippen LogP contribution >= 0.6 is 0 Å². The molecule has 0 amide bonds. The molecule has 1 fully saturated rings. The van der Waals surface area contributed by atoms with E-state index in [0.29, 0.717) is 17.3 Å². The van der Waals surface area contributed by atoms with E-state index in [1.54, 1.807) is 23.1 Å². The summed E-state index contributed by atoms with van der Waals surface area (Å²) in [5, 5.41) is 16.4. The van der Waals surface area contributed by atoms with Gasteiger partial charge in [0.05, 0.1) is 6.54 Å². The molecule has 0 radical (unpaired) electrons. The number of aliphatic carboxylic acids is 1. The van der Waals surface area contributed by atoms with E-state index in [0.717, 1.165) is 19.4 Å². The molecule has 1 aliphatic carbocycles. The quantitative estimate of drug-likeness (QED) is 0.674. The molecule has 1 saturated carbocycles. The minimum absolute atomic E-state index is 0.0764. The number of carboxylic acid groups (broad SMARTS) is 1. The van der Waals surface area contributed by atoms with Crippen LogP contribution in [0.15, 0.2) is 24.8 Å². The zero-order valence-corrected chi connectivity index (χ0v) is 13.5. The first-order chi connectivity index (χ1) is 11.6. The third-order valence-electron chi connectivity index (χ3n) is 4.30. The zero-order chi connectivity index (χ0) is 17.1. The Morgan fingerprint density at radius 2 is 2.29 bits per heavy atom. The highest BCUT2D eigenvalue weighted by Gasteiger charge is 2.34. The fourth-order valence-electron chi connectivity index (χ4n) is 2.95. The van der Waals surface area contributed by atoms with Crippen molar-refractivity contribution in [3.8, 4) is 5.82 Å². The molecule has 0 atom stereocenters. The lowest BCUT2D eigenvalue weighted by molar-refractivity contribution is -0.139. The summed E-state index contributed by atoms with van der Waals surface area (Å²) in [6.45, 7) is 2.78. The predicted octanol–water partition coefficient (Wildman–Crippen LogP) is 0.594. The van der Waals surface area contributed by atoms with E-state index in [9.17, 15) is 4.79 Å². The van der Waals surface area contributed by atoms with Crippen molar-refractivity contribution < 1.29 is 9.90 Å². The van der Waals surface area contributed by atoms with E-state index in [-0.39, 0.29) is 18.6 Å². The van der Waals surface area contributed by atoms with Gasteiger partial charge in [-0.15, -0.1) is 0 Å². The third kappa shape index (κ3) is 3.30. The summed E-state index contributed by atoms with van der Waals surface area (Å²) in [7, 11) is 0. The molecule has 0 aliphatic heterocycles. The summed E-state index contributed by atoms with van der Waals surface area (Å²) in [5.41, 5.74) is 6.60. The van der Waals surface area contributed by atoms with Gasteiger partial charge in [0.1, 0.15) is 12.0 Å². The third-order valence-corrected chi connectivity index (χ3v) is 4.30. The Hall–Kier alpha value is -2.68. The number of nitrogens with one attached hydrogen (secondary N) is 1. The minimum atomic E-state index is -0.794. The molecule has 9 heteroatoms. The Bertz CT molecular complexity index is 698. The predicted molar refractivity (Wildman–Crippen MR) is 88.9 cm³/mol. The molecule has 3 rings (SSSR count). The highest BCUT2D eigenvalue weighted by atomic mass is 16.4. The van der Waals surface area contributed by atoms with Gasteiger partial charge in [-0.25, -0.2) is 14.6 Å². The number of likely N-dealkylation sites (N-methyl/N-ethyl adjacent to an activating group) is 1. The van der Waals surface area contributed by atoms with Crippen molar-refractivity contribution in [3.05, 3.63) is 24.8 Å². The highest BCUT2D eigenvalue weighted by Crippen LogP contribution is 2.30. The molecule has 0 aromatic carbocycles. The van der Waals surface area contributed by atoms with Gasteiger partial charge in [-0.05, 0) is 25.5 Å². The standard InChI is InChI=1S/C15H21N7O2/c1-2-21(8-12(23)24)11-6-10(7-11)20-14-13(16)15(18-9-17-14)22-5-3-4-19-22/h3-5,9-11H,2,6-8,16H2,1H3,(H,23,24)(H,17,18,20). The van der Waals surface area contributed by atoms with E-state index in [2.05, 4.69) is 20.4 Å². The number of nitrogens with two attached hydrogens (primary N) is 1. The summed E-state index contributed by atoms with van der Waals surface area (Å²) in [6.07, 6.45) is 6.61. The van der Waals surface area contributed by atoms with Crippen LogP contribution in [-0.4, -0.2) is 60.9 Å². The van der Waals surface area contributed by atoms with Gasteiger partial charge in [0, 0.05) is 24.5 Å². The van der Waals surface area contributed by atoms with Crippen LogP contribution in [-0.2, 0) is 4.79 Å². The van der Waals surface area contributed by atoms with Gasteiger partial charge in [-0.2, -0.15) is 5.10 Å². The second-order valence-corrected chi connectivity index (χ2v) is 5.83. The lowest BCUT2D eigenvalue weighted by atomic mass is 9.85. The number of rotatable bonds is 7. The van der Waals surface area contributed by atoms with Crippen LogP contribution < -0.4 is 11.1 Å². The Morgan fingerprint density at radius 1 is 1.50 bits per heavy atom. The fraction of sp³-hybridized carbons (Fsp3) is 0.467. The summed E-state index contributed by atoms with van der Waals surface area (Å²) >= 11 is 0. The maximum Gasteiger partial charge on any atom is 0.317 e. The SMILES string of the molecule is CCN(CC(=O)O)C1CC(Nc2ncnc(-n3cccn3)c2N)C1. The molecule has 2 aromatic heterocycles. The summed E-state index contributed by atoms with van der Waals surface area (Å²) in [6, 6.07) is 2.30. The van der Waals surface area contributed by atoms with E-state index in [4.69, 9.17) is 10.8 Å². The molecule has 4 N–H and O–H groups in total. The summed E-state index contributed by atoms with van der Waals surface area (Å²) in [5.74, 6) is 0.326. The van der Waals surface area contributed by atoms with Crippen LogP contribution in [0.25, 0.3) is 5.82 Å². The number of anilines is 2. The number of nitrogen functional groups attached to an aromatic ring is 1. The molecule has 0 bridgehead atoms. The van der Waals surface area contributed by atoms with E-state index < -0.39 is 5.97 Å². The number of hydrogen-bond acceptors (Lipinski definition) is 7. The molecule has 24 heavy (non-hydrogen) atoms. The normalized spacial score (nSPS) is 19.9. The Morgan fingerprint density at radius 3 is 2.92 bits per heavy atom. The molecule has 0 saturated heterocycles. The van der Waals surface area contributed by atoms with Crippen molar-refractivity contribution in [3.63, 3.8) is 0 Å². The average molecular weight is 331 g/mol. The van der Waals surface area contributed by atoms with Crippen molar-refractivity contribution >= 4 is 17.5 Å². The van der Waals surface area contributed by atoms with Gasteiger partial charge in [0.25, 0.3) is 0 Å². The summed E-state index contributed by atoms with van der Waals surface area (Å²) in [4.78, 5) is 21.2. The Kier molecular flexibility index (Phi) is 4.61. The van der Waals surface area contributed by atoms with Crippen molar-refractivity contribution in [1.82, 2.24) is 24.6 Å². The number of hydrogen-bond donors (Lipinski definition) is 3. The largest absolute Gasteiger partial charge is 0.480 e. The molecule has 0 unspecified atom stereocenters. The maximum absolute atomic E-state index is 10.9. The van der Waals surface area contributed by atoms with Crippen LogP contribution in [0.2, 0.25) is 0 Å². The van der Waals surface area contributed by atoms with Gasteiger partial charge in [0.15, 0.2) is 11.6 Å². The number of nitrogens with zero attached hydrogens (tertiary/aromatic N) is 5. The van der Waals surface area contributed by atoms with Crippen molar-refractivity contribution in [2.75, 3.05) is 24.1 Å². The second-order valence-electron chi connectivity index (χ2n) is 5.83. The van der Waals surface area contributed by atoms with Crippen molar-refractivity contribution in [2.45, 2.75) is 31.8 Å². The Labute approximate surface area is 139 Å². The first-order valence-corrected chi connectivity index (χ1v) is 7.91. The minimum Gasteiger partial charge on any atom is -0.480 e. The molecular formula is C15H21N7O2. The molecule has 9 nitrogen and oxygen atoms in total. The highest BCUT2D eigenvalue weighted by molar-refractivity contribution is 5.70. The number of aromatic nitrogens is 4.